The van der Waals surface area contributed by atoms with Gasteiger partial charge in [-0.3, -0.25) is 14.5 Å². The van der Waals surface area contributed by atoms with Crippen LogP contribution in [0.2, 0.25) is 0 Å². The number of rotatable bonds is 5. The molecule has 34 heavy (non-hydrogen) atoms. The summed E-state index contributed by atoms with van der Waals surface area (Å²) in [6.07, 6.45) is 3.63. The number of benzene rings is 3. The van der Waals surface area contributed by atoms with E-state index in [1.54, 1.807) is 35.2 Å². The summed E-state index contributed by atoms with van der Waals surface area (Å²) in [6, 6.07) is 28.5. The van der Waals surface area contributed by atoms with Crippen molar-refractivity contribution < 1.29 is 14.0 Å². The first kappa shape index (κ1) is 21.9. The van der Waals surface area contributed by atoms with Crippen molar-refractivity contribution in [2.24, 2.45) is 0 Å². The molecule has 3 aromatic carbocycles. The van der Waals surface area contributed by atoms with Crippen LogP contribution in [0.25, 0.3) is 23.1 Å². The van der Waals surface area contributed by atoms with E-state index < -0.39 is 0 Å². The predicted molar refractivity (Wildman–Crippen MR) is 138 cm³/mol. The molecule has 1 aliphatic heterocycles. The van der Waals surface area contributed by atoms with Crippen LogP contribution in [0, 0.1) is 0 Å². The number of ketones is 1. The SMILES string of the molecule is CC(=O)c1ccc(N2C(=O)C(=Cc3ccc(-c4ccc(Br)cc4)o3)C=C2c2ccccc2)cc1. The lowest BCUT2D eigenvalue weighted by atomic mass is 10.1. The van der Waals surface area contributed by atoms with Gasteiger partial charge in [-0.15, -0.1) is 0 Å². The lowest BCUT2D eigenvalue weighted by Gasteiger charge is -2.21. The van der Waals surface area contributed by atoms with Gasteiger partial charge in [0.25, 0.3) is 5.91 Å². The fourth-order valence-electron chi connectivity index (χ4n) is 3.89. The summed E-state index contributed by atoms with van der Waals surface area (Å²) in [7, 11) is 0. The summed E-state index contributed by atoms with van der Waals surface area (Å²) >= 11 is 3.44. The molecule has 0 N–H and O–H groups in total. The van der Waals surface area contributed by atoms with Crippen LogP contribution in [0.3, 0.4) is 0 Å². The minimum atomic E-state index is -0.156. The molecule has 0 saturated heterocycles. The highest BCUT2D eigenvalue weighted by Gasteiger charge is 2.30. The van der Waals surface area contributed by atoms with Crippen molar-refractivity contribution in [3.8, 4) is 11.3 Å². The topological polar surface area (TPSA) is 50.5 Å². The molecule has 4 nitrogen and oxygen atoms in total. The summed E-state index contributed by atoms with van der Waals surface area (Å²) in [4.78, 5) is 26.9. The highest BCUT2D eigenvalue weighted by Crippen LogP contribution is 2.36. The van der Waals surface area contributed by atoms with E-state index in [1.807, 2.05) is 72.8 Å². The molecule has 0 atom stereocenters. The van der Waals surface area contributed by atoms with E-state index >= 15 is 0 Å². The monoisotopic (exact) mass is 509 g/mol. The number of anilines is 1. The number of carbonyl (C=O) groups excluding carboxylic acids is 2. The van der Waals surface area contributed by atoms with Gasteiger partial charge in [0.2, 0.25) is 0 Å². The number of halogens is 1. The molecule has 1 aliphatic rings. The van der Waals surface area contributed by atoms with Crippen molar-refractivity contribution >= 4 is 45.1 Å². The molecule has 0 bridgehead atoms. The van der Waals surface area contributed by atoms with Gasteiger partial charge in [0.15, 0.2) is 5.78 Å². The number of furan rings is 1. The summed E-state index contributed by atoms with van der Waals surface area (Å²) in [5, 5.41) is 0. The molecular weight excluding hydrogens is 490 g/mol. The zero-order valence-electron chi connectivity index (χ0n) is 18.4. The van der Waals surface area contributed by atoms with Crippen LogP contribution in [0.15, 0.2) is 112 Å². The van der Waals surface area contributed by atoms with Crippen molar-refractivity contribution in [3.05, 3.63) is 124 Å². The third-order valence-corrected chi connectivity index (χ3v) is 6.17. The molecule has 5 heteroatoms. The standard InChI is InChI=1S/C29H20BrNO3/c1-19(32)20-9-13-25(14-10-20)31-27(21-5-3-2-4-6-21)18-23(29(31)33)17-26-15-16-28(34-26)22-7-11-24(30)12-8-22/h2-18H,1H3. The molecular formula is C29H20BrNO3. The maximum absolute atomic E-state index is 13.5. The van der Waals surface area contributed by atoms with E-state index in [1.165, 1.54) is 6.92 Å². The molecule has 0 fully saturated rings. The van der Waals surface area contributed by atoms with Gasteiger partial charge in [0.05, 0.1) is 5.70 Å². The van der Waals surface area contributed by atoms with Crippen LogP contribution >= 0.6 is 15.9 Å². The first-order valence-corrected chi connectivity index (χ1v) is 11.6. The third kappa shape index (κ3) is 4.30. The van der Waals surface area contributed by atoms with E-state index in [0.717, 1.165) is 27.1 Å². The van der Waals surface area contributed by atoms with Gasteiger partial charge in [0.1, 0.15) is 11.5 Å². The Bertz CT molecular complexity index is 1430. The Hall–Kier alpha value is -3.96. The molecule has 2 heterocycles. The zero-order valence-corrected chi connectivity index (χ0v) is 20.0. The lowest BCUT2D eigenvalue weighted by Crippen LogP contribution is -2.25. The molecule has 1 aromatic heterocycles. The second kappa shape index (κ2) is 9.12. The zero-order chi connectivity index (χ0) is 23.7. The van der Waals surface area contributed by atoms with Gasteiger partial charge in [-0.1, -0.05) is 58.4 Å². The molecule has 0 aliphatic carbocycles. The predicted octanol–water partition coefficient (Wildman–Crippen LogP) is 7.38. The number of carbonyl (C=O) groups is 2. The summed E-state index contributed by atoms with van der Waals surface area (Å²) < 4.78 is 7.01. The Morgan fingerprint density at radius 1 is 0.853 bits per heavy atom. The van der Waals surface area contributed by atoms with Crippen molar-refractivity contribution in [1.82, 2.24) is 0 Å². The molecule has 166 valence electrons. The van der Waals surface area contributed by atoms with Crippen molar-refractivity contribution in [2.75, 3.05) is 4.90 Å². The van der Waals surface area contributed by atoms with Gasteiger partial charge < -0.3 is 4.42 Å². The van der Waals surface area contributed by atoms with Crippen LogP contribution in [-0.2, 0) is 4.79 Å². The quantitative estimate of drug-likeness (QED) is 0.208. The Morgan fingerprint density at radius 2 is 1.56 bits per heavy atom. The summed E-state index contributed by atoms with van der Waals surface area (Å²) in [5.74, 6) is 1.15. The second-order valence-electron chi connectivity index (χ2n) is 7.95. The highest BCUT2D eigenvalue weighted by molar-refractivity contribution is 9.10. The van der Waals surface area contributed by atoms with Gasteiger partial charge in [0, 0.05) is 26.9 Å². The third-order valence-electron chi connectivity index (χ3n) is 5.64. The number of hydrogen-bond acceptors (Lipinski definition) is 3. The molecule has 5 rings (SSSR count). The number of amides is 1. The fraction of sp³-hybridized carbons (Fsp3) is 0.0345. The van der Waals surface area contributed by atoms with Gasteiger partial charge in [-0.25, -0.2) is 0 Å². The van der Waals surface area contributed by atoms with Crippen molar-refractivity contribution in [2.45, 2.75) is 6.92 Å². The Balaban J connectivity index is 1.52. The van der Waals surface area contributed by atoms with E-state index in [-0.39, 0.29) is 11.7 Å². The summed E-state index contributed by atoms with van der Waals surface area (Å²) in [6.45, 7) is 1.53. The van der Waals surface area contributed by atoms with Crippen molar-refractivity contribution in [1.29, 1.82) is 0 Å². The molecule has 0 unspecified atom stereocenters. The average molecular weight is 510 g/mol. The Morgan fingerprint density at radius 3 is 2.24 bits per heavy atom. The van der Waals surface area contributed by atoms with Crippen LogP contribution in [0.1, 0.15) is 28.6 Å². The molecule has 1 amide bonds. The molecule has 0 spiro atoms. The maximum atomic E-state index is 13.5. The average Bonchev–Trinajstić information content (AvgIpc) is 3.45. The minimum Gasteiger partial charge on any atom is -0.457 e. The first-order chi connectivity index (χ1) is 16.5. The largest absolute Gasteiger partial charge is 0.457 e. The fourth-order valence-corrected chi connectivity index (χ4v) is 4.16. The van der Waals surface area contributed by atoms with E-state index in [2.05, 4.69) is 15.9 Å². The van der Waals surface area contributed by atoms with Crippen LogP contribution in [0.5, 0.6) is 0 Å². The maximum Gasteiger partial charge on any atom is 0.263 e. The van der Waals surface area contributed by atoms with Gasteiger partial charge in [-0.05, 0) is 73.2 Å². The van der Waals surface area contributed by atoms with Crippen LogP contribution in [-0.4, -0.2) is 11.7 Å². The number of Topliss-reactive ketones (excluding diaryl/α,β-unsaturated/α-hetero) is 1. The van der Waals surface area contributed by atoms with E-state index in [0.29, 0.717) is 22.6 Å². The first-order valence-electron chi connectivity index (χ1n) is 10.8. The van der Waals surface area contributed by atoms with E-state index in [4.69, 9.17) is 4.42 Å². The smallest absolute Gasteiger partial charge is 0.263 e. The Kier molecular flexibility index (Phi) is 5.86. The lowest BCUT2D eigenvalue weighted by molar-refractivity contribution is -0.113. The number of hydrogen-bond donors (Lipinski definition) is 0. The Labute approximate surface area is 206 Å². The number of nitrogens with zero attached hydrogens (tertiary/aromatic N) is 1. The van der Waals surface area contributed by atoms with Gasteiger partial charge >= 0.3 is 0 Å². The molecule has 0 saturated carbocycles. The van der Waals surface area contributed by atoms with Crippen molar-refractivity contribution in [3.63, 3.8) is 0 Å². The van der Waals surface area contributed by atoms with Crippen LogP contribution in [0.4, 0.5) is 5.69 Å². The molecule has 4 aromatic rings. The summed E-state index contributed by atoms with van der Waals surface area (Å²) in [5.41, 5.74) is 4.47. The highest BCUT2D eigenvalue weighted by atomic mass is 79.9. The molecule has 0 radical (unpaired) electrons. The minimum absolute atomic E-state index is 0.0156. The van der Waals surface area contributed by atoms with Crippen LogP contribution < -0.4 is 4.90 Å². The normalized spacial score (nSPS) is 14.5. The van der Waals surface area contributed by atoms with E-state index in [9.17, 15) is 9.59 Å². The second-order valence-corrected chi connectivity index (χ2v) is 8.86. The van der Waals surface area contributed by atoms with Gasteiger partial charge in [-0.2, -0.15) is 0 Å².